The third-order valence-electron chi connectivity index (χ3n) is 4.76. The molecule has 1 N–H and O–H groups in total. The van der Waals surface area contributed by atoms with E-state index >= 15 is 0 Å². The van der Waals surface area contributed by atoms with Crippen LogP contribution < -0.4 is 9.62 Å². The van der Waals surface area contributed by atoms with Gasteiger partial charge in [0.2, 0.25) is 10.0 Å². The third kappa shape index (κ3) is 5.12. The number of nitrogens with one attached hydrogen (secondary N) is 1. The number of benzene rings is 2. The SMILES string of the molecule is CS(=O)(=O)NC(=O)C1Cc2ccccc2N1Cc1ccc(C(F)(F)F)cc1C(F)(F)F. The quantitative estimate of drug-likeness (QED) is 0.698. The molecule has 0 radical (unpaired) electrons. The molecule has 1 unspecified atom stereocenters. The van der Waals surface area contributed by atoms with Gasteiger partial charge in [0.05, 0.1) is 17.4 Å². The van der Waals surface area contributed by atoms with Crippen LogP contribution in [0.25, 0.3) is 0 Å². The lowest BCUT2D eigenvalue weighted by Gasteiger charge is -2.28. The summed E-state index contributed by atoms with van der Waals surface area (Å²) in [5, 5.41) is 0. The second-order valence-electron chi connectivity index (χ2n) is 7.08. The van der Waals surface area contributed by atoms with Crippen molar-refractivity contribution in [1.29, 1.82) is 0 Å². The highest BCUT2D eigenvalue weighted by molar-refractivity contribution is 7.89. The van der Waals surface area contributed by atoms with E-state index in [4.69, 9.17) is 0 Å². The molecule has 0 fully saturated rings. The molecule has 1 aliphatic heterocycles. The second kappa shape index (κ2) is 7.74. The minimum absolute atomic E-state index is 0.0273. The Balaban J connectivity index is 2.04. The number of amides is 1. The van der Waals surface area contributed by atoms with Crippen LogP contribution in [0, 0.1) is 0 Å². The van der Waals surface area contributed by atoms with Crippen LogP contribution in [0.2, 0.25) is 0 Å². The van der Waals surface area contributed by atoms with Gasteiger partial charge in [-0.15, -0.1) is 0 Å². The van der Waals surface area contributed by atoms with Crippen molar-refractivity contribution in [3.05, 3.63) is 64.7 Å². The van der Waals surface area contributed by atoms with Crippen molar-refractivity contribution in [3.8, 4) is 0 Å². The summed E-state index contributed by atoms with van der Waals surface area (Å²) >= 11 is 0. The summed E-state index contributed by atoms with van der Waals surface area (Å²) in [5.41, 5.74) is -2.42. The summed E-state index contributed by atoms with van der Waals surface area (Å²) in [7, 11) is -3.93. The van der Waals surface area contributed by atoms with E-state index in [0.29, 0.717) is 17.3 Å². The largest absolute Gasteiger partial charge is 0.416 e. The van der Waals surface area contributed by atoms with Gasteiger partial charge in [0.15, 0.2) is 0 Å². The van der Waals surface area contributed by atoms with E-state index in [0.717, 1.165) is 12.3 Å². The fourth-order valence-corrected chi connectivity index (χ4v) is 3.97. The molecule has 0 aliphatic carbocycles. The van der Waals surface area contributed by atoms with E-state index in [9.17, 15) is 39.6 Å². The van der Waals surface area contributed by atoms with E-state index in [1.165, 1.54) is 4.90 Å². The molecule has 12 heteroatoms. The second-order valence-corrected chi connectivity index (χ2v) is 8.83. The Bertz CT molecular complexity index is 1110. The van der Waals surface area contributed by atoms with Crippen molar-refractivity contribution in [2.45, 2.75) is 31.4 Å². The number of carbonyl (C=O) groups excluding carboxylic acids is 1. The molecule has 1 amide bonds. The van der Waals surface area contributed by atoms with Crippen molar-refractivity contribution >= 4 is 21.6 Å². The number of carbonyl (C=O) groups is 1. The Morgan fingerprint density at radius 1 is 1.06 bits per heavy atom. The molecule has 3 rings (SSSR count). The van der Waals surface area contributed by atoms with Gasteiger partial charge in [0, 0.05) is 18.7 Å². The van der Waals surface area contributed by atoms with E-state index in [-0.39, 0.29) is 12.5 Å². The van der Waals surface area contributed by atoms with Crippen LogP contribution in [0.4, 0.5) is 32.0 Å². The summed E-state index contributed by atoms with van der Waals surface area (Å²) in [6.07, 6.45) is -9.24. The normalized spacial score (nSPS) is 16.9. The summed E-state index contributed by atoms with van der Waals surface area (Å²) < 4.78 is 104. The van der Waals surface area contributed by atoms with Crippen molar-refractivity contribution in [2.24, 2.45) is 0 Å². The van der Waals surface area contributed by atoms with Crippen LogP contribution in [0.15, 0.2) is 42.5 Å². The van der Waals surface area contributed by atoms with Gasteiger partial charge >= 0.3 is 12.4 Å². The molecule has 1 aliphatic rings. The zero-order valence-electron chi connectivity index (χ0n) is 15.9. The van der Waals surface area contributed by atoms with E-state index in [2.05, 4.69) is 0 Å². The lowest BCUT2D eigenvalue weighted by Crippen LogP contribution is -2.46. The van der Waals surface area contributed by atoms with E-state index in [1.807, 2.05) is 0 Å². The van der Waals surface area contributed by atoms with Crippen molar-refractivity contribution in [1.82, 2.24) is 4.72 Å². The minimum atomic E-state index is -5.07. The Morgan fingerprint density at radius 2 is 1.71 bits per heavy atom. The van der Waals surface area contributed by atoms with Crippen LogP contribution in [0.3, 0.4) is 0 Å². The highest BCUT2D eigenvalue weighted by Crippen LogP contribution is 2.40. The van der Waals surface area contributed by atoms with Gasteiger partial charge in [-0.3, -0.25) is 9.52 Å². The lowest BCUT2D eigenvalue weighted by molar-refractivity contribution is -0.143. The Hall–Kier alpha value is -2.76. The fraction of sp³-hybridized carbons (Fsp3) is 0.316. The molecule has 2 aromatic rings. The molecule has 0 saturated carbocycles. The Labute approximate surface area is 173 Å². The monoisotopic (exact) mass is 466 g/mol. The van der Waals surface area contributed by atoms with Gasteiger partial charge in [-0.1, -0.05) is 24.3 Å². The number of alkyl halides is 6. The van der Waals surface area contributed by atoms with Gasteiger partial charge in [0.1, 0.15) is 6.04 Å². The molecule has 2 aromatic carbocycles. The number of para-hydroxylation sites is 1. The smallest absolute Gasteiger partial charge is 0.355 e. The summed E-state index contributed by atoms with van der Waals surface area (Å²) in [5.74, 6) is -0.945. The zero-order chi connectivity index (χ0) is 23.2. The zero-order valence-corrected chi connectivity index (χ0v) is 16.7. The number of nitrogens with zero attached hydrogens (tertiary/aromatic N) is 1. The van der Waals surface area contributed by atoms with Crippen molar-refractivity contribution in [3.63, 3.8) is 0 Å². The first-order valence-electron chi connectivity index (χ1n) is 8.80. The van der Waals surface area contributed by atoms with Crippen molar-refractivity contribution in [2.75, 3.05) is 11.2 Å². The molecule has 0 bridgehead atoms. The number of hydrogen-bond donors (Lipinski definition) is 1. The van der Waals surface area contributed by atoms with Gasteiger partial charge in [-0.25, -0.2) is 8.42 Å². The van der Waals surface area contributed by atoms with Gasteiger partial charge in [0.25, 0.3) is 5.91 Å². The molecule has 0 aromatic heterocycles. The topological polar surface area (TPSA) is 66.5 Å². The van der Waals surface area contributed by atoms with Crippen LogP contribution in [-0.4, -0.2) is 26.6 Å². The third-order valence-corrected chi connectivity index (χ3v) is 5.33. The van der Waals surface area contributed by atoms with Crippen LogP contribution in [0.5, 0.6) is 0 Å². The van der Waals surface area contributed by atoms with Crippen LogP contribution in [0.1, 0.15) is 22.3 Å². The highest BCUT2D eigenvalue weighted by Gasteiger charge is 2.40. The summed E-state index contributed by atoms with van der Waals surface area (Å²) in [6, 6.07) is 6.54. The maximum atomic E-state index is 13.5. The molecule has 0 spiro atoms. The van der Waals surface area contributed by atoms with E-state index in [1.54, 1.807) is 29.0 Å². The van der Waals surface area contributed by atoms with Gasteiger partial charge in [-0.05, 0) is 29.3 Å². The predicted octanol–water partition coefficient (Wildman–Crippen LogP) is 3.73. The summed E-state index contributed by atoms with van der Waals surface area (Å²) in [6.45, 7) is -0.550. The first-order valence-corrected chi connectivity index (χ1v) is 10.7. The van der Waals surface area contributed by atoms with Gasteiger partial charge < -0.3 is 4.90 Å². The molecule has 5 nitrogen and oxygen atoms in total. The van der Waals surface area contributed by atoms with E-state index < -0.39 is 57.6 Å². The standard InChI is InChI=1S/C19H16F6N2O3S/c1-31(29,30)26-17(28)16-8-11-4-2-3-5-15(11)27(16)10-12-6-7-13(18(20,21)22)9-14(12)19(23,24)25/h2-7,9,16H,8,10H2,1H3,(H,26,28). The fourth-order valence-electron chi connectivity index (χ4n) is 3.47. The first-order chi connectivity index (χ1) is 14.2. The number of fused-ring (bicyclic) bond motifs is 1. The molecular formula is C19H16F6N2O3S. The van der Waals surface area contributed by atoms with Gasteiger partial charge in [-0.2, -0.15) is 26.3 Å². The molecule has 31 heavy (non-hydrogen) atoms. The molecule has 1 heterocycles. The lowest BCUT2D eigenvalue weighted by atomic mass is 10.0. The summed E-state index contributed by atoms with van der Waals surface area (Å²) in [4.78, 5) is 13.8. The maximum Gasteiger partial charge on any atom is 0.416 e. The molecule has 168 valence electrons. The van der Waals surface area contributed by atoms with Crippen molar-refractivity contribution < 1.29 is 39.6 Å². The minimum Gasteiger partial charge on any atom is -0.355 e. The van der Waals surface area contributed by atoms with Crippen LogP contribution >= 0.6 is 0 Å². The number of halogens is 6. The number of hydrogen-bond acceptors (Lipinski definition) is 4. The molecular weight excluding hydrogens is 450 g/mol. The average Bonchev–Trinajstić information content (AvgIpc) is 2.98. The average molecular weight is 466 g/mol. The maximum absolute atomic E-state index is 13.5. The number of anilines is 1. The first kappa shape index (κ1) is 22.9. The molecule has 1 atom stereocenters. The number of rotatable bonds is 4. The Kier molecular flexibility index (Phi) is 5.72. The Morgan fingerprint density at radius 3 is 2.29 bits per heavy atom. The highest BCUT2D eigenvalue weighted by atomic mass is 32.2. The molecule has 0 saturated heterocycles. The predicted molar refractivity (Wildman–Crippen MR) is 99.5 cm³/mol. The van der Waals surface area contributed by atoms with Crippen LogP contribution in [-0.2, 0) is 40.1 Å². The number of sulfonamides is 1.